The number of nitrogens with zero attached hydrogens (tertiary/aromatic N) is 6. The van der Waals surface area contributed by atoms with Crippen molar-refractivity contribution in [1.82, 2.24) is 29.3 Å². The van der Waals surface area contributed by atoms with Gasteiger partial charge in [-0.15, -0.1) is 0 Å². The molecule has 1 aliphatic heterocycles. The number of pyridine rings is 2. The van der Waals surface area contributed by atoms with Gasteiger partial charge in [-0.25, -0.2) is 8.91 Å². The fourth-order valence-corrected chi connectivity index (χ4v) is 5.01. The van der Waals surface area contributed by atoms with Crippen LogP contribution in [0.3, 0.4) is 0 Å². The minimum Gasteiger partial charge on any atom is -0.332 e. The summed E-state index contributed by atoms with van der Waals surface area (Å²) >= 11 is 0. The molecule has 0 spiro atoms. The van der Waals surface area contributed by atoms with Crippen LogP contribution in [-0.2, 0) is 6.54 Å². The maximum absolute atomic E-state index is 13.9. The van der Waals surface area contributed by atoms with Crippen molar-refractivity contribution < 1.29 is 9.18 Å². The molecule has 5 heterocycles. The van der Waals surface area contributed by atoms with Crippen molar-refractivity contribution in [1.29, 1.82) is 0 Å². The van der Waals surface area contributed by atoms with Gasteiger partial charge in [-0.3, -0.25) is 14.5 Å². The highest BCUT2D eigenvalue weighted by Crippen LogP contribution is 2.31. The molecule has 180 valence electrons. The van der Waals surface area contributed by atoms with Crippen LogP contribution in [0.1, 0.15) is 35.3 Å². The predicted octanol–water partition coefficient (Wildman–Crippen LogP) is 4.94. The lowest BCUT2D eigenvalue weighted by Crippen LogP contribution is -2.38. The van der Waals surface area contributed by atoms with Gasteiger partial charge >= 0.3 is 0 Å². The highest BCUT2D eigenvalue weighted by molar-refractivity contribution is 6.01. The Labute approximate surface area is 207 Å². The number of allylic oxidation sites excluding steroid dienone is 6. The smallest absolute Gasteiger partial charge is 0.275 e. The first-order chi connectivity index (χ1) is 17.7. The second-order valence-corrected chi connectivity index (χ2v) is 9.07. The summed E-state index contributed by atoms with van der Waals surface area (Å²) in [6.45, 7) is 1.26. The van der Waals surface area contributed by atoms with E-state index in [1.807, 2.05) is 58.4 Å². The molecule has 4 aromatic heterocycles. The van der Waals surface area contributed by atoms with Crippen molar-refractivity contribution in [3.63, 3.8) is 0 Å². The summed E-state index contributed by atoms with van der Waals surface area (Å²) < 4.78 is 16.9. The SMILES string of the molecule is O=C(c1nn2ccccc2c1C1=CC=CC=CC1)N1CCC[C@H]1Cn1cc(-c2ccc(F)cn2)cn1. The van der Waals surface area contributed by atoms with Crippen molar-refractivity contribution in [2.45, 2.75) is 31.8 Å². The Morgan fingerprint density at radius 3 is 2.94 bits per heavy atom. The zero-order chi connectivity index (χ0) is 24.5. The van der Waals surface area contributed by atoms with E-state index in [1.165, 1.54) is 12.3 Å². The van der Waals surface area contributed by atoms with Crippen LogP contribution in [0.4, 0.5) is 4.39 Å². The van der Waals surface area contributed by atoms with E-state index in [1.54, 1.807) is 16.8 Å². The standard InChI is InChI=1S/C28H25FN6O/c29-22-12-13-24(30-17-22)21-16-31-33(18-21)19-23-10-7-14-34(23)28(36)27-26(20-8-3-1-2-4-9-20)25-11-5-6-15-35(25)32-27/h1-6,8,11-13,15-18,23H,7,9-10,14,19H2/t23-/m0/s1. The zero-order valence-corrected chi connectivity index (χ0v) is 19.7. The van der Waals surface area contributed by atoms with E-state index in [9.17, 15) is 9.18 Å². The Kier molecular flexibility index (Phi) is 5.77. The Hall–Kier alpha value is -4.33. The zero-order valence-electron chi connectivity index (χ0n) is 19.7. The number of aromatic nitrogens is 5. The highest BCUT2D eigenvalue weighted by Gasteiger charge is 2.33. The molecule has 1 atom stereocenters. The van der Waals surface area contributed by atoms with E-state index in [2.05, 4.69) is 22.2 Å². The summed E-state index contributed by atoms with van der Waals surface area (Å²) in [6.07, 6.45) is 19.5. The first-order valence-corrected chi connectivity index (χ1v) is 12.1. The van der Waals surface area contributed by atoms with Gasteiger partial charge in [0.15, 0.2) is 5.69 Å². The normalized spacial score (nSPS) is 17.5. The maximum atomic E-state index is 13.9. The van der Waals surface area contributed by atoms with Crippen LogP contribution in [0.25, 0.3) is 22.3 Å². The van der Waals surface area contributed by atoms with Gasteiger partial charge in [0.2, 0.25) is 0 Å². The molecule has 2 aliphatic rings. The van der Waals surface area contributed by atoms with E-state index >= 15 is 0 Å². The fourth-order valence-electron chi connectivity index (χ4n) is 5.01. The first-order valence-electron chi connectivity index (χ1n) is 12.1. The summed E-state index contributed by atoms with van der Waals surface area (Å²) in [4.78, 5) is 20.0. The molecule has 0 unspecified atom stereocenters. The van der Waals surface area contributed by atoms with Gasteiger partial charge in [0.25, 0.3) is 5.91 Å². The highest BCUT2D eigenvalue weighted by atomic mass is 19.1. The molecule has 8 heteroatoms. The number of carbonyl (C=O) groups is 1. The Morgan fingerprint density at radius 1 is 1.11 bits per heavy atom. The van der Waals surface area contributed by atoms with Crippen LogP contribution >= 0.6 is 0 Å². The van der Waals surface area contributed by atoms with Crippen LogP contribution in [-0.4, -0.2) is 47.8 Å². The number of rotatable bonds is 5. The fraction of sp³-hybridized carbons (Fsp3) is 0.214. The summed E-state index contributed by atoms with van der Waals surface area (Å²) in [6, 6.07) is 8.93. The molecule has 0 bridgehead atoms. The van der Waals surface area contributed by atoms with Crippen molar-refractivity contribution in [2.75, 3.05) is 6.54 Å². The average molecular weight is 481 g/mol. The van der Waals surface area contributed by atoms with E-state index in [-0.39, 0.29) is 17.8 Å². The molecule has 1 aliphatic carbocycles. The molecule has 1 amide bonds. The van der Waals surface area contributed by atoms with Crippen LogP contribution in [0.2, 0.25) is 0 Å². The Bertz CT molecular complexity index is 1510. The third-order valence-electron chi connectivity index (χ3n) is 6.75. The van der Waals surface area contributed by atoms with Crippen LogP contribution < -0.4 is 0 Å². The van der Waals surface area contributed by atoms with E-state index in [0.717, 1.165) is 41.5 Å². The molecule has 1 fully saturated rings. The third kappa shape index (κ3) is 4.15. The number of hydrogen-bond donors (Lipinski definition) is 0. The Balaban J connectivity index is 1.29. The van der Waals surface area contributed by atoms with Crippen molar-refractivity contribution >= 4 is 17.0 Å². The largest absolute Gasteiger partial charge is 0.332 e. The van der Waals surface area contributed by atoms with Gasteiger partial charge in [-0.2, -0.15) is 10.2 Å². The lowest BCUT2D eigenvalue weighted by Gasteiger charge is -2.24. The molecular weight excluding hydrogens is 455 g/mol. The third-order valence-corrected chi connectivity index (χ3v) is 6.75. The second-order valence-electron chi connectivity index (χ2n) is 9.07. The number of likely N-dealkylation sites (tertiary alicyclic amines) is 1. The quantitative estimate of drug-likeness (QED) is 0.406. The minimum atomic E-state index is -0.371. The molecule has 1 saturated heterocycles. The number of hydrogen-bond acceptors (Lipinski definition) is 4. The molecule has 0 radical (unpaired) electrons. The maximum Gasteiger partial charge on any atom is 0.275 e. The summed E-state index contributed by atoms with van der Waals surface area (Å²) in [7, 11) is 0. The number of fused-ring (bicyclic) bond motifs is 1. The minimum absolute atomic E-state index is 0.00648. The lowest BCUT2D eigenvalue weighted by atomic mass is 10.00. The van der Waals surface area contributed by atoms with Crippen LogP contribution in [0.15, 0.2) is 85.5 Å². The van der Waals surface area contributed by atoms with Crippen LogP contribution in [0, 0.1) is 5.82 Å². The van der Waals surface area contributed by atoms with E-state index in [0.29, 0.717) is 24.5 Å². The summed E-state index contributed by atoms with van der Waals surface area (Å²) in [5.41, 5.74) is 4.86. The van der Waals surface area contributed by atoms with Crippen molar-refractivity contribution in [3.8, 4) is 11.3 Å². The molecular formula is C28H25FN6O. The Morgan fingerprint density at radius 2 is 2.06 bits per heavy atom. The summed E-state index contributed by atoms with van der Waals surface area (Å²) in [5.74, 6) is -0.425. The molecule has 36 heavy (non-hydrogen) atoms. The number of carbonyl (C=O) groups excluding carboxylic acids is 1. The van der Waals surface area contributed by atoms with Gasteiger partial charge in [0, 0.05) is 30.1 Å². The molecule has 4 aromatic rings. The molecule has 0 saturated carbocycles. The van der Waals surface area contributed by atoms with Gasteiger partial charge in [0.05, 0.1) is 36.2 Å². The average Bonchev–Trinajstić information content (AvgIpc) is 3.59. The monoisotopic (exact) mass is 480 g/mol. The van der Waals surface area contributed by atoms with E-state index in [4.69, 9.17) is 5.10 Å². The van der Waals surface area contributed by atoms with Gasteiger partial charge in [0.1, 0.15) is 5.82 Å². The topological polar surface area (TPSA) is 68.3 Å². The second kappa shape index (κ2) is 9.37. The van der Waals surface area contributed by atoms with Crippen LogP contribution in [0.5, 0.6) is 0 Å². The van der Waals surface area contributed by atoms with Gasteiger partial charge in [-0.1, -0.05) is 36.4 Å². The first kappa shape index (κ1) is 22.2. The molecule has 0 N–H and O–H groups in total. The lowest BCUT2D eigenvalue weighted by molar-refractivity contribution is 0.0715. The van der Waals surface area contributed by atoms with Gasteiger partial charge < -0.3 is 4.90 Å². The number of halogens is 1. The van der Waals surface area contributed by atoms with E-state index < -0.39 is 0 Å². The number of amides is 1. The molecule has 0 aromatic carbocycles. The van der Waals surface area contributed by atoms with Crippen molar-refractivity contribution in [2.24, 2.45) is 0 Å². The molecule has 7 nitrogen and oxygen atoms in total. The van der Waals surface area contributed by atoms with Crippen molar-refractivity contribution in [3.05, 3.63) is 103 Å². The molecule has 6 rings (SSSR count). The predicted molar refractivity (Wildman–Crippen MR) is 136 cm³/mol. The van der Waals surface area contributed by atoms with Gasteiger partial charge in [-0.05, 0) is 49.1 Å². The summed E-state index contributed by atoms with van der Waals surface area (Å²) in [5, 5.41) is 9.21.